The molecular formula is C24H21F2N3O6. The van der Waals surface area contributed by atoms with Gasteiger partial charge in [-0.25, -0.2) is 18.6 Å². The number of carbonyl (C=O) groups excluding carboxylic acids is 2. The lowest BCUT2D eigenvalue weighted by atomic mass is 9.84. The summed E-state index contributed by atoms with van der Waals surface area (Å²) in [7, 11) is 0. The van der Waals surface area contributed by atoms with Gasteiger partial charge in [0.1, 0.15) is 13.2 Å². The number of benzene rings is 1. The molecule has 2 aliphatic rings. The molecule has 1 aromatic carbocycles. The fourth-order valence-electron chi connectivity index (χ4n) is 4.88. The van der Waals surface area contributed by atoms with Gasteiger partial charge >= 0.3 is 5.97 Å². The number of carbonyl (C=O) groups is 2. The van der Waals surface area contributed by atoms with Gasteiger partial charge in [0, 0.05) is 22.6 Å². The summed E-state index contributed by atoms with van der Waals surface area (Å²) in [5, 5.41) is 23.1. The van der Waals surface area contributed by atoms with Crippen LogP contribution in [0.25, 0.3) is 22.3 Å². The number of aliphatic hydroxyl groups is 2. The zero-order valence-electron chi connectivity index (χ0n) is 18.6. The Morgan fingerprint density at radius 1 is 1.29 bits per heavy atom. The number of aromatic nitrogens is 2. The minimum Gasteiger partial charge on any atom is -0.458 e. The van der Waals surface area contributed by atoms with Crippen LogP contribution in [0.1, 0.15) is 48.1 Å². The fourth-order valence-corrected chi connectivity index (χ4v) is 4.88. The predicted octanol–water partition coefficient (Wildman–Crippen LogP) is 1.62. The first kappa shape index (κ1) is 23.1. The monoisotopic (exact) mass is 485 g/mol. The molecular weight excluding hydrogens is 464 g/mol. The molecule has 0 saturated carbocycles. The highest BCUT2D eigenvalue weighted by atomic mass is 19.2. The second-order valence-corrected chi connectivity index (χ2v) is 8.65. The molecule has 3 heterocycles. The van der Waals surface area contributed by atoms with Gasteiger partial charge in [-0.05, 0) is 37.0 Å². The Morgan fingerprint density at radius 2 is 2.06 bits per heavy atom. The van der Waals surface area contributed by atoms with Gasteiger partial charge in [-0.15, -0.1) is 0 Å². The molecule has 0 saturated heterocycles. The number of halogens is 2. The quantitative estimate of drug-likeness (QED) is 0.412. The Kier molecular flexibility index (Phi) is 5.41. The molecule has 2 atom stereocenters. The molecule has 0 spiro atoms. The minimum atomic E-state index is -2.03. The molecule has 3 aromatic rings. The summed E-state index contributed by atoms with van der Waals surface area (Å²) >= 11 is 0. The number of amides is 1. The van der Waals surface area contributed by atoms with E-state index in [9.17, 15) is 28.3 Å². The lowest BCUT2D eigenvalue weighted by Gasteiger charge is -2.31. The topological polar surface area (TPSA) is 142 Å². The number of cyclic esters (lactones) is 1. The number of hydrogen-bond donors (Lipinski definition) is 4. The van der Waals surface area contributed by atoms with Crippen molar-refractivity contribution >= 4 is 22.8 Å². The second kappa shape index (κ2) is 8.21. The van der Waals surface area contributed by atoms with Crippen LogP contribution < -0.4 is 10.9 Å². The van der Waals surface area contributed by atoms with Gasteiger partial charge < -0.3 is 25.3 Å². The van der Waals surface area contributed by atoms with Crippen molar-refractivity contribution in [3.63, 3.8) is 0 Å². The van der Waals surface area contributed by atoms with Gasteiger partial charge in [0.15, 0.2) is 17.2 Å². The van der Waals surface area contributed by atoms with Crippen molar-refractivity contribution in [3.8, 4) is 11.4 Å². The van der Waals surface area contributed by atoms with Crippen LogP contribution in [0.4, 0.5) is 8.78 Å². The maximum absolute atomic E-state index is 14.6. The van der Waals surface area contributed by atoms with E-state index in [1.165, 1.54) is 12.1 Å². The van der Waals surface area contributed by atoms with E-state index in [-0.39, 0.29) is 59.5 Å². The molecule has 1 aliphatic carbocycles. The zero-order chi connectivity index (χ0) is 25.1. The van der Waals surface area contributed by atoms with Crippen molar-refractivity contribution in [1.82, 2.24) is 15.3 Å². The van der Waals surface area contributed by atoms with Crippen LogP contribution in [0.3, 0.4) is 0 Å². The summed E-state index contributed by atoms with van der Waals surface area (Å²) in [6.45, 7) is 0.528. The predicted molar refractivity (Wildman–Crippen MR) is 118 cm³/mol. The molecule has 182 valence electrons. The summed E-state index contributed by atoms with van der Waals surface area (Å²) in [5.74, 6) is -3.59. The van der Waals surface area contributed by atoms with Crippen molar-refractivity contribution < 1.29 is 33.3 Å². The first-order chi connectivity index (χ1) is 16.7. The third-order valence-electron chi connectivity index (χ3n) is 6.71. The summed E-state index contributed by atoms with van der Waals surface area (Å²) in [5.41, 5.74) is -1.46. The van der Waals surface area contributed by atoms with Gasteiger partial charge in [-0.1, -0.05) is 6.92 Å². The maximum Gasteiger partial charge on any atom is 0.343 e. The maximum atomic E-state index is 14.6. The number of aromatic amines is 1. The van der Waals surface area contributed by atoms with Crippen molar-refractivity contribution in [1.29, 1.82) is 0 Å². The molecule has 0 fully saturated rings. The van der Waals surface area contributed by atoms with E-state index < -0.39 is 47.3 Å². The summed E-state index contributed by atoms with van der Waals surface area (Å²) in [4.78, 5) is 44.1. The van der Waals surface area contributed by atoms with Gasteiger partial charge in [0.2, 0.25) is 5.91 Å². The largest absolute Gasteiger partial charge is 0.458 e. The highest BCUT2D eigenvalue weighted by Crippen LogP contribution is 2.40. The molecule has 2 aromatic heterocycles. The Hall–Kier alpha value is -3.70. The summed E-state index contributed by atoms with van der Waals surface area (Å²) in [6.07, 6.45) is 0.354. The Bertz CT molecular complexity index is 1470. The van der Waals surface area contributed by atoms with Crippen LogP contribution in [0.5, 0.6) is 0 Å². The molecule has 35 heavy (non-hydrogen) atoms. The number of fused-ring (bicyclic) bond motifs is 1. The summed E-state index contributed by atoms with van der Waals surface area (Å²) in [6, 6.07) is 3.28. The van der Waals surface area contributed by atoms with Crippen LogP contribution in [-0.2, 0) is 33.0 Å². The van der Waals surface area contributed by atoms with Gasteiger partial charge in [-0.2, -0.15) is 0 Å². The van der Waals surface area contributed by atoms with E-state index >= 15 is 0 Å². The normalized spacial score (nSPS) is 20.9. The Balaban J connectivity index is 1.76. The van der Waals surface area contributed by atoms with Crippen LogP contribution in [0.2, 0.25) is 0 Å². The van der Waals surface area contributed by atoms with Crippen molar-refractivity contribution in [2.45, 2.75) is 44.4 Å². The van der Waals surface area contributed by atoms with Gasteiger partial charge in [0.05, 0.1) is 28.5 Å². The van der Waals surface area contributed by atoms with Crippen molar-refractivity contribution in [2.75, 3.05) is 6.61 Å². The SMILES string of the molecule is CC[C@@]1(O)C(=O)OCc2c1cc(-c1cc3c4c(c(F)c(F)cc4n1)CC[C@@H]3NC(=O)CO)[nH]c2=O. The van der Waals surface area contributed by atoms with Crippen LogP contribution in [0, 0.1) is 11.6 Å². The van der Waals surface area contributed by atoms with Gasteiger partial charge in [-0.3, -0.25) is 9.59 Å². The van der Waals surface area contributed by atoms with E-state index in [1.54, 1.807) is 6.92 Å². The average molecular weight is 485 g/mol. The molecule has 11 heteroatoms. The molecule has 0 radical (unpaired) electrons. The number of hydrogen-bond acceptors (Lipinski definition) is 7. The number of esters is 1. The molecule has 9 nitrogen and oxygen atoms in total. The number of aryl methyl sites for hydroxylation is 1. The van der Waals surface area contributed by atoms with E-state index in [0.717, 1.165) is 6.07 Å². The average Bonchev–Trinajstić information content (AvgIpc) is 2.85. The highest BCUT2D eigenvalue weighted by Gasteiger charge is 2.44. The molecule has 5 rings (SSSR count). The number of rotatable bonds is 4. The number of nitrogens with zero attached hydrogens (tertiary/aromatic N) is 1. The van der Waals surface area contributed by atoms with Gasteiger partial charge in [0.25, 0.3) is 5.56 Å². The lowest BCUT2D eigenvalue weighted by molar-refractivity contribution is -0.172. The van der Waals surface area contributed by atoms with E-state index in [2.05, 4.69) is 15.3 Å². The summed E-state index contributed by atoms with van der Waals surface area (Å²) < 4.78 is 33.9. The highest BCUT2D eigenvalue weighted by molar-refractivity contribution is 5.91. The fraction of sp³-hybridized carbons (Fsp3) is 0.333. The van der Waals surface area contributed by atoms with Crippen LogP contribution >= 0.6 is 0 Å². The molecule has 4 N–H and O–H groups in total. The zero-order valence-corrected chi connectivity index (χ0v) is 18.6. The first-order valence-electron chi connectivity index (χ1n) is 11.1. The third kappa shape index (κ3) is 3.50. The number of ether oxygens (including phenoxy) is 1. The number of aliphatic hydroxyl groups excluding tert-OH is 1. The first-order valence-corrected chi connectivity index (χ1v) is 11.1. The van der Waals surface area contributed by atoms with Crippen molar-refractivity contribution in [2.24, 2.45) is 0 Å². The van der Waals surface area contributed by atoms with E-state index in [0.29, 0.717) is 10.9 Å². The third-order valence-corrected chi connectivity index (χ3v) is 6.71. The van der Waals surface area contributed by atoms with E-state index in [1.807, 2.05) is 0 Å². The second-order valence-electron chi connectivity index (χ2n) is 8.65. The molecule has 0 bridgehead atoms. The van der Waals surface area contributed by atoms with E-state index in [4.69, 9.17) is 9.84 Å². The Morgan fingerprint density at radius 3 is 2.77 bits per heavy atom. The molecule has 0 unspecified atom stereocenters. The smallest absolute Gasteiger partial charge is 0.343 e. The van der Waals surface area contributed by atoms with Crippen LogP contribution in [-0.4, -0.2) is 38.7 Å². The lowest BCUT2D eigenvalue weighted by Crippen LogP contribution is -2.43. The van der Waals surface area contributed by atoms with Crippen LogP contribution in [0.15, 0.2) is 23.0 Å². The standard InChI is InChI=1S/C24H21F2N3O6/c1-2-24(34)13-6-17(29-22(32)12(13)9-35-23(24)33)16-5-11-15(28-19(31)8-30)4-3-10-20(11)18(27-16)7-14(25)21(10)26/h5-7,15,30,34H,2-4,8-9H2,1H3,(H,28,31)(H,29,32)/t15-,24-/m0/s1. The number of pyridine rings is 2. The van der Waals surface area contributed by atoms with Crippen molar-refractivity contribution in [3.05, 3.63) is 62.4 Å². The minimum absolute atomic E-state index is 0.0404. The Labute approximate surface area is 196 Å². The number of H-pyrrole nitrogens is 1. The molecule has 1 aliphatic heterocycles. The molecule has 1 amide bonds. The number of nitrogens with one attached hydrogen (secondary N) is 2.